The predicted octanol–water partition coefficient (Wildman–Crippen LogP) is 7.09. The second-order valence-electron chi connectivity index (χ2n) is 7.42. The maximum Gasteiger partial charge on any atom is 0.324 e. The van der Waals surface area contributed by atoms with Crippen molar-refractivity contribution in [2.45, 2.75) is 129 Å². The van der Waals surface area contributed by atoms with E-state index in [1.807, 2.05) is 0 Å². The SMILES string of the molecule is CCCCCCCCCCCCCCCCNOC(=O)CCCCC.[Ag]. The van der Waals surface area contributed by atoms with Gasteiger partial charge in [0.15, 0.2) is 0 Å². The molecule has 0 aliphatic rings. The molecule has 0 rings (SSSR count). The Morgan fingerprint density at radius 2 is 1.00 bits per heavy atom. The van der Waals surface area contributed by atoms with Crippen LogP contribution in [-0.4, -0.2) is 12.5 Å². The largest absolute Gasteiger partial charge is 0.371 e. The molecule has 0 atom stereocenters. The van der Waals surface area contributed by atoms with E-state index < -0.39 is 0 Å². The number of hydrogen-bond donors (Lipinski definition) is 1. The van der Waals surface area contributed by atoms with E-state index in [9.17, 15) is 4.79 Å². The molecular weight excluding hydrogens is 418 g/mol. The smallest absolute Gasteiger partial charge is 0.324 e. The van der Waals surface area contributed by atoms with E-state index in [1.165, 1.54) is 83.5 Å². The summed E-state index contributed by atoms with van der Waals surface area (Å²) in [6, 6.07) is 0. The first-order valence-electron chi connectivity index (χ1n) is 11.2. The zero-order valence-corrected chi connectivity index (χ0v) is 19.0. The van der Waals surface area contributed by atoms with Crippen LogP contribution in [0.25, 0.3) is 0 Å². The number of nitrogens with one attached hydrogen (secondary N) is 1. The Balaban J connectivity index is 0. The van der Waals surface area contributed by atoms with Crippen molar-refractivity contribution in [3.05, 3.63) is 0 Å². The molecule has 0 saturated carbocycles. The molecule has 0 amide bonds. The third-order valence-electron chi connectivity index (χ3n) is 4.80. The van der Waals surface area contributed by atoms with Crippen LogP contribution in [0.1, 0.15) is 129 Å². The van der Waals surface area contributed by atoms with Crippen molar-refractivity contribution in [3.8, 4) is 0 Å². The molecule has 1 radical (unpaired) electrons. The average Bonchev–Trinajstić information content (AvgIpc) is 2.61. The van der Waals surface area contributed by atoms with Gasteiger partial charge in [0.2, 0.25) is 0 Å². The third kappa shape index (κ3) is 24.2. The molecule has 4 heteroatoms. The summed E-state index contributed by atoms with van der Waals surface area (Å²) in [5.41, 5.74) is 2.81. The molecule has 3 nitrogen and oxygen atoms in total. The fourth-order valence-electron chi connectivity index (χ4n) is 3.09. The van der Waals surface area contributed by atoms with Gasteiger partial charge >= 0.3 is 5.97 Å². The van der Waals surface area contributed by atoms with Gasteiger partial charge in [0.25, 0.3) is 0 Å². The molecule has 0 aliphatic carbocycles. The molecule has 0 saturated heterocycles. The standard InChI is InChI=1S/C22H45NO2.Ag/c1-3-5-7-8-9-10-11-12-13-14-15-16-17-19-21-23-25-22(24)20-18-6-4-2;/h23H,3-21H2,1-2H3;. The Morgan fingerprint density at radius 1 is 0.615 bits per heavy atom. The van der Waals surface area contributed by atoms with Gasteiger partial charge in [0.05, 0.1) is 0 Å². The summed E-state index contributed by atoms with van der Waals surface area (Å²) in [5.74, 6) is -0.112. The topological polar surface area (TPSA) is 38.3 Å². The fourth-order valence-corrected chi connectivity index (χ4v) is 3.09. The summed E-state index contributed by atoms with van der Waals surface area (Å²) >= 11 is 0. The monoisotopic (exact) mass is 462 g/mol. The number of rotatable bonds is 20. The number of carbonyl (C=O) groups excluding carboxylic acids is 1. The van der Waals surface area contributed by atoms with Crippen molar-refractivity contribution < 1.29 is 32.0 Å². The number of hydroxylamine groups is 1. The zero-order valence-electron chi connectivity index (χ0n) is 17.6. The van der Waals surface area contributed by atoms with Crippen LogP contribution in [0.2, 0.25) is 0 Å². The summed E-state index contributed by atoms with van der Waals surface area (Å²) in [7, 11) is 0. The van der Waals surface area contributed by atoms with Crippen LogP contribution in [0.5, 0.6) is 0 Å². The van der Waals surface area contributed by atoms with Crippen LogP contribution in [0.15, 0.2) is 0 Å². The summed E-state index contributed by atoms with van der Waals surface area (Å²) in [4.78, 5) is 16.4. The molecule has 26 heavy (non-hydrogen) atoms. The second-order valence-corrected chi connectivity index (χ2v) is 7.42. The van der Waals surface area contributed by atoms with Crippen LogP contribution in [0.4, 0.5) is 0 Å². The van der Waals surface area contributed by atoms with E-state index >= 15 is 0 Å². The van der Waals surface area contributed by atoms with Crippen molar-refractivity contribution in [3.63, 3.8) is 0 Å². The molecule has 0 aliphatic heterocycles. The molecular formula is C22H45AgNO2. The number of carbonyl (C=O) groups is 1. The Labute approximate surface area is 179 Å². The van der Waals surface area contributed by atoms with Gasteiger partial charge in [-0.15, -0.1) is 0 Å². The second kappa shape index (κ2) is 25.2. The van der Waals surface area contributed by atoms with Gasteiger partial charge in [-0.05, 0) is 12.8 Å². The van der Waals surface area contributed by atoms with Gasteiger partial charge in [-0.1, -0.05) is 110 Å². The van der Waals surface area contributed by atoms with Gasteiger partial charge < -0.3 is 4.84 Å². The first-order chi connectivity index (χ1) is 12.3. The van der Waals surface area contributed by atoms with Crippen LogP contribution >= 0.6 is 0 Å². The Kier molecular flexibility index (Phi) is 27.5. The minimum absolute atomic E-state index is 0. The van der Waals surface area contributed by atoms with Gasteiger partial charge in [0.1, 0.15) is 0 Å². The van der Waals surface area contributed by atoms with E-state index in [1.54, 1.807) is 0 Å². The molecule has 161 valence electrons. The first-order valence-corrected chi connectivity index (χ1v) is 11.2. The minimum atomic E-state index is -0.112. The molecule has 0 aromatic rings. The van der Waals surface area contributed by atoms with E-state index in [-0.39, 0.29) is 28.3 Å². The average molecular weight is 463 g/mol. The maximum absolute atomic E-state index is 11.4. The number of hydrogen-bond acceptors (Lipinski definition) is 3. The van der Waals surface area contributed by atoms with Crippen molar-refractivity contribution in [1.82, 2.24) is 5.48 Å². The molecule has 0 heterocycles. The molecule has 0 aromatic carbocycles. The molecule has 0 fully saturated rings. The van der Waals surface area contributed by atoms with E-state index in [4.69, 9.17) is 4.84 Å². The van der Waals surface area contributed by atoms with Crippen molar-refractivity contribution >= 4 is 5.97 Å². The molecule has 1 N–H and O–H groups in total. The van der Waals surface area contributed by atoms with Crippen LogP contribution in [0.3, 0.4) is 0 Å². The summed E-state index contributed by atoms with van der Waals surface area (Å²) in [5, 5.41) is 0. The fraction of sp³-hybridized carbons (Fsp3) is 0.955. The van der Waals surface area contributed by atoms with Crippen LogP contribution in [-0.2, 0) is 32.0 Å². The summed E-state index contributed by atoms with van der Waals surface area (Å²) < 4.78 is 0. The maximum atomic E-state index is 11.4. The molecule has 0 aromatic heterocycles. The van der Waals surface area contributed by atoms with E-state index in [0.717, 1.165) is 32.2 Å². The molecule has 0 unspecified atom stereocenters. The predicted molar refractivity (Wildman–Crippen MR) is 109 cm³/mol. The Bertz CT molecular complexity index is 275. The minimum Gasteiger partial charge on any atom is -0.371 e. The Morgan fingerprint density at radius 3 is 1.46 bits per heavy atom. The van der Waals surface area contributed by atoms with Crippen LogP contribution in [0, 0.1) is 0 Å². The quantitative estimate of drug-likeness (QED) is 0.119. The van der Waals surface area contributed by atoms with Gasteiger partial charge in [-0.2, -0.15) is 5.48 Å². The summed E-state index contributed by atoms with van der Waals surface area (Å²) in [6.45, 7) is 5.21. The van der Waals surface area contributed by atoms with Crippen molar-refractivity contribution in [1.29, 1.82) is 0 Å². The Hall–Kier alpha value is 0.170. The molecule has 0 bridgehead atoms. The van der Waals surface area contributed by atoms with Gasteiger partial charge in [-0.3, -0.25) is 4.79 Å². The van der Waals surface area contributed by atoms with Gasteiger partial charge in [0, 0.05) is 35.3 Å². The summed E-state index contributed by atoms with van der Waals surface area (Å²) in [6.07, 6.45) is 22.9. The van der Waals surface area contributed by atoms with Crippen LogP contribution < -0.4 is 5.48 Å². The normalized spacial score (nSPS) is 10.5. The number of unbranched alkanes of at least 4 members (excludes halogenated alkanes) is 15. The molecule has 0 spiro atoms. The van der Waals surface area contributed by atoms with Gasteiger partial charge in [-0.25, -0.2) is 0 Å². The van der Waals surface area contributed by atoms with Crippen molar-refractivity contribution in [2.24, 2.45) is 0 Å². The first kappa shape index (κ1) is 28.4. The van der Waals surface area contributed by atoms with E-state index in [0.29, 0.717) is 6.42 Å². The van der Waals surface area contributed by atoms with E-state index in [2.05, 4.69) is 19.3 Å². The zero-order chi connectivity index (χ0) is 18.4. The van der Waals surface area contributed by atoms with Crippen molar-refractivity contribution in [2.75, 3.05) is 6.54 Å². The third-order valence-corrected chi connectivity index (χ3v) is 4.80.